The number of nitrogens with zero attached hydrogens (tertiary/aromatic N) is 1. The predicted molar refractivity (Wildman–Crippen MR) is 66.9 cm³/mol. The fourth-order valence-corrected chi connectivity index (χ4v) is 1.39. The zero-order valence-electron chi connectivity index (χ0n) is 10.4. The highest BCUT2D eigenvalue weighted by molar-refractivity contribution is 5.81. The van der Waals surface area contributed by atoms with Crippen LogP contribution in [0.15, 0.2) is 28.8 Å². The van der Waals surface area contributed by atoms with Gasteiger partial charge in [-0.3, -0.25) is 0 Å². The van der Waals surface area contributed by atoms with E-state index in [1.165, 1.54) is 0 Å². The first-order chi connectivity index (χ1) is 7.98. The summed E-state index contributed by atoms with van der Waals surface area (Å²) < 4.78 is 10.8. The van der Waals surface area contributed by atoms with Crippen molar-refractivity contribution < 1.29 is 9.26 Å². The third kappa shape index (κ3) is 2.58. The zero-order valence-corrected chi connectivity index (χ0v) is 10.4. The Labute approximate surface area is 101 Å². The van der Waals surface area contributed by atoms with Gasteiger partial charge in [-0.2, -0.15) is 0 Å². The number of ether oxygens (including phenoxy) is 1. The van der Waals surface area contributed by atoms with Crippen LogP contribution in [-0.4, -0.2) is 17.8 Å². The van der Waals surface area contributed by atoms with Crippen molar-refractivity contribution >= 4 is 11.0 Å². The van der Waals surface area contributed by atoms with Gasteiger partial charge in [-0.15, -0.1) is 0 Å². The van der Waals surface area contributed by atoms with E-state index in [-0.39, 0.29) is 11.5 Å². The largest absolute Gasteiger partial charge is 0.473 e. The molecule has 0 amide bonds. The molecule has 0 aliphatic carbocycles. The van der Waals surface area contributed by atoms with Crippen LogP contribution in [0.4, 0.5) is 0 Å². The van der Waals surface area contributed by atoms with E-state index < -0.39 is 0 Å². The number of para-hydroxylation sites is 1. The van der Waals surface area contributed by atoms with E-state index in [2.05, 4.69) is 25.9 Å². The average molecular weight is 234 g/mol. The first kappa shape index (κ1) is 11.9. The molecule has 0 saturated carbocycles. The van der Waals surface area contributed by atoms with Gasteiger partial charge in [0.1, 0.15) is 6.61 Å². The molecule has 17 heavy (non-hydrogen) atoms. The van der Waals surface area contributed by atoms with E-state index in [0.717, 1.165) is 11.0 Å². The van der Waals surface area contributed by atoms with Crippen LogP contribution in [0.5, 0.6) is 5.88 Å². The molecule has 1 atom stereocenters. The van der Waals surface area contributed by atoms with Gasteiger partial charge in [-0.05, 0) is 22.7 Å². The Hall–Kier alpha value is -1.55. The lowest BCUT2D eigenvalue weighted by Crippen LogP contribution is -2.40. The lowest BCUT2D eigenvalue weighted by atomic mass is 9.88. The zero-order chi connectivity index (χ0) is 12.5. The highest BCUT2D eigenvalue weighted by Crippen LogP contribution is 2.25. The predicted octanol–water partition coefficient (Wildman–Crippen LogP) is 2.58. The van der Waals surface area contributed by atoms with Crippen LogP contribution in [-0.2, 0) is 0 Å². The Morgan fingerprint density at radius 1 is 1.35 bits per heavy atom. The van der Waals surface area contributed by atoms with Gasteiger partial charge in [0.05, 0.1) is 5.39 Å². The SMILES string of the molecule is CC(C)(C)C(N)COc1noc2ccccc12. The summed E-state index contributed by atoms with van der Waals surface area (Å²) in [6, 6.07) is 7.56. The fourth-order valence-electron chi connectivity index (χ4n) is 1.39. The van der Waals surface area contributed by atoms with Crippen LogP contribution >= 0.6 is 0 Å². The van der Waals surface area contributed by atoms with Gasteiger partial charge in [0.15, 0.2) is 5.58 Å². The molecule has 1 aromatic heterocycles. The van der Waals surface area contributed by atoms with E-state index in [1.807, 2.05) is 24.3 Å². The summed E-state index contributed by atoms with van der Waals surface area (Å²) in [5.74, 6) is 0.514. The molecular weight excluding hydrogens is 216 g/mol. The smallest absolute Gasteiger partial charge is 0.262 e. The molecule has 0 spiro atoms. The van der Waals surface area contributed by atoms with Gasteiger partial charge >= 0.3 is 0 Å². The number of rotatable bonds is 3. The van der Waals surface area contributed by atoms with Gasteiger partial charge in [0, 0.05) is 6.04 Å². The lowest BCUT2D eigenvalue weighted by molar-refractivity contribution is 0.195. The third-order valence-electron chi connectivity index (χ3n) is 2.86. The van der Waals surface area contributed by atoms with Gasteiger partial charge < -0.3 is 15.0 Å². The number of hydrogen-bond donors (Lipinski definition) is 1. The maximum absolute atomic E-state index is 6.03. The van der Waals surface area contributed by atoms with Gasteiger partial charge in [-0.1, -0.05) is 32.9 Å². The Morgan fingerprint density at radius 3 is 2.76 bits per heavy atom. The molecule has 2 N–H and O–H groups in total. The molecule has 1 unspecified atom stereocenters. The molecule has 2 aromatic rings. The van der Waals surface area contributed by atoms with Crippen LogP contribution in [0, 0.1) is 5.41 Å². The van der Waals surface area contributed by atoms with Gasteiger partial charge in [0.2, 0.25) is 0 Å². The highest BCUT2D eigenvalue weighted by Gasteiger charge is 2.22. The average Bonchev–Trinajstić information content (AvgIpc) is 2.68. The normalized spacial score (nSPS) is 13.9. The topological polar surface area (TPSA) is 61.3 Å². The summed E-state index contributed by atoms with van der Waals surface area (Å²) >= 11 is 0. The minimum atomic E-state index is -0.0436. The summed E-state index contributed by atoms with van der Waals surface area (Å²) in [6.07, 6.45) is 0. The van der Waals surface area contributed by atoms with Crippen molar-refractivity contribution in [3.63, 3.8) is 0 Å². The van der Waals surface area contributed by atoms with Crippen LogP contribution in [0.1, 0.15) is 20.8 Å². The molecule has 0 aliphatic rings. The second-order valence-corrected chi connectivity index (χ2v) is 5.27. The molecule has 2 rings (SSSR count). The summed E-state index contributed by atoms with van der Waals surface area (Å²) in [5.41, 5.74) is 6.77. The Balaban J connectivity index is 2.09. The second kappa shape index (κ2) is 4.37. The molecule has 1 aromatic carbocycles. The maximum atomic E-state index is 6.03. The van der Waals surface area contributed by atoms with Crippen LogP contribution < -0.4 is 10.5 Å². The fraction of sp³-hybridized carbons (Fsp3) is 0.462. The lowest BCUT2D eigenvalue weighted by Gasteiger charge is -2.26. The number of benzene rings is 1. The van der Waals surface area contributed by atoms with Crippen molar-refractivity contribution in [3.8, 4) is 5.88 Å². The summed E-state index contributed by atoms with van der Waals surface area (Å²) in [4.78, 5) is 0. The molecule has 4 heteroatoms. The van der Waals surface area contributed by atoms with Crippen LogP contribution in [0.2, 0.25) is 0 Å². The van der Waals surface area contributed by atoms with Crippen molar-refractivity contribution in [3.05, 3.63) is 24.3 Å². The summed E-state index contributed by atoms with van der Waals surface area (Å²) in [7, 11) is 0. The molecular formula is C13H18N2O2. The van der Waals surface area contributed by atoms with Crippen molar-refractivity contribution in [1.82, 2.24) is 5.16 Å². The minimum absolute atomic E-state index is 0.0134. The monoisotopic (exact) mass is 234 g/mol. The summed E-state index contributed by atoms with van der Waals surface area (Å²) in [5, 5.41) is 4.78. The van der Waals surface area contributed by atoms with E-state index in [9.17, 15) is 0 Å². The van der Waals surface area contributed by atoms with E-state index in [0.29, 0.717) is 12.5 Å². The maximum Gasteiger partial charge on any atom is 0.262 e. The van der Waals surface area contributed by atoms with Crippen LogP contribution in [0.25, 0.3) is 11.0 Å². The molecule has 0 fully saturated rings. The molecule has 4 nitrogen and oxygen atoms in total. The van der Waals surface area contributed by atoms with Gasteiger partial charge in [-0.25, -0.2) is 0 Å². The van der Waals surface area contributed by atoms with Crippen molar-refractivity contribution in [2.24, 2.45) is 11.1 Å². The Bertz CT molecular complexity index is 499. The first-order valence-electron chi connectivity index (χ1n) is 5.71. The molecule has 0 bridgehead atoms. The first-order valence-corrected chi connectivity index (χ1v) is 5.71. The third-order valence-corrected chi connectivity index (χ3v) is 2.86. The number of nitrogens with two attached hydrogens (primary N) is 1. The van der Waals surface area contributed by atoms with Crippen molar-refractivity contribution in [1.29, 1.82) is 0 Å². The molecule has 0 aliphatic heterocycles. The van der Waals surface area contributed by atoms with E-state index in [1.54, 1.807) is 0 Å². The van der Waals surface area contributed by atoms with Gasteiger partial charge in [0.25, 0.3) is 5.88 Å². The standard InChI is InChI=1S/C13H18N2O2/c1-13(2,3)11(14)8-16-12-9-6-4-5-7-10(9)17-15-12/h4-7,11H,8,14H2,1-3H3. The Kier molecular flexibility index (Phi) is 3.07. The second-order valence-electron chi connectivity index (χ2n) is 5.27. The quantitative estimate of drug-likeness (QED) is 0.886. The number of fused-ring (bicyclic) bond motifs is 1. The molecule has 92 valence electrons. The molecule has 0 radical (unpaired) electrons. The van der Waals surface area contributed by atoms with Crippen LogP contribution in [0.3, 0.4) is 0 Å². The van der Waals surface area contributed by atoms with E-state index >= 15 is 0 Å². The minimum Gasteiger partial charge on any atom is -0.473 e. The summed E-state index contributed by atoms with van der Waals surface area (Å²) in [6.45, 7) is 6.69. The van der Waals surface area contributed by atoms with E-state index in [4.69, 9.17) is 15.0 Å². The molecule has 1 heterocycles. The Morgan fingerprint density at radius 2 is 2.06 bits per heavy atom. The number of aromatic nitrogens is 1. The number of hydrogen-bond acceptors (Lipinski definition) is 4. The van der Waals surface area contributed by atoms with Crippen molar-refractivity contribution in [2.45, 2.75) is 26.8 Å². The van der Waals surface area contributed by atoms with Crippen molar-refractivity contribution in [2.75, 3.05) is 6.61 Å². The molecule has 0 saturated heterocycles. The highest BCUT2D eigenvalue weighted by atomic mass is 16.5.